The van der Waals surface area contributed by atoms with Crippen molar-refractivity contribution in [3.8, 4) is 12.3 Å². The van der Waals surface area contributed by atoms with Crippen LogP contribution in [0.4, 0.5) is 0 Å². The molecule has 0 spiro atoms. The Bertz CT molecular complexity index is 223. The lowest BCUT2D eigenvalue weighted by Crippen LogP contribution is -2.45. The predicted octanol–water partition coefficient (Wildman–Crippen LogP) is 1.12. The molecule has 1 heterocycles. The smallest absolute Gasteiger partial charge is 0.306 e. The molecule has 1 saturated heterocycles. The number of ether oxygens (including phenoxy) is 2. The van der Waals surface area contributed by atoms with E-state index in [1.54, 1.807) is 0 Å². The molecule has 1 atom stereocenters. The van der Waals surface area contributed by atoms with E-state index in [1.165, 1.54) is 0 Å². The predicted molar refractivity (Wildman–Crippen MR) is 48.0 cm³/mol. The van der Waals surface area contributed by atoms with Gasteiger partial charge in [0.2, 0.25) is 0 Å². The first-order valence-electron chi connectivity index (χ1n) is 4.39. The molecule has 3 heteroatoms. The molecule has 3 nitrogen and oxygen atoms in total. The van der Waals surface area contributed by atoms with E-state index in [1.807, 2.05) is 6.92 Å². The first-order valence-corrected chi connectivity index (χ1v) is 4.39. The van der Waals surface area contributed by atoms with E-state index in [9.17, 15) is 4.79 Å². The van der Waals surface area contributed by atoms with E-state index in [4.69, 9.17) is 15.9 Å². The number of carbonyl (C=O) groups is 1. The Morgan fingerprint density at radius 1 is 1.77 bits per heavy atom. The molecular formula is C10H14O3. The van der Waals surface area contributed by atoms with Gasteiger partial charge in [-0.1, -0.05) is 0 Å². The molecule has 0 aromatic heterocycles. The summed E-state index contributed by atoms with van der Waals surface area (Å²) in [7, 11) is 0. The molecule has 1 aliphatic rings. The van der Waals surface area contributed by atoms with Gasteiger partial charge in [0.05, 0.1) is 13.0 Å². The zero-order valence-electron chi connectivity index (χ0n) is 7.84. The fourth-order valence-corrected chi connectivity index (χ4v) is 1.04. The number of rotatable bonds is 4. The fourth-order valence-electron chi connectivity index (χ4n) is 1.04. The topological polar surface area (TPSA) is 35.5 Å². The van der Waals surface area contributed by atoms with Crippen LogP contribution in [0.25, 0.3) is 0 Å². The van der Waals surface area contributed by atoms with Crippen LogP contribution in [0.5, 0.6) is 0 Å². The number of hydrogen-bond donors (Lipinski definition) is 0. The molecular weight excluding hydrogens is 168 g/mol. The largest absolute Gasteiger partial charge is 0.463 e. The van der Waals surface area contributed by atoms with Gasteiger partial charge in [0, 0.05) is 12.8 Å². The molecule has 0 bridgehead atoms. The van der Waals surface area contributed by atoms with E-state index in [0.717, 1.165) is 13.0 Å². The summed E-state index contributed by atoms with van der Waals surface area (Å²) in [4.78, 5) is 11.0. The molecule has 0 aromatic carbocycles. The van der Waals surface area contributed by atoms with E-state index < -0.39 is 0 Å². The van der Waals surface area contributed by atoms with Gasteiger partial charge in [0.1, 0.15) is 12.2 Å². The van der Waals surface area contributed by atoms with Crippen LogP contribution in [0.1, 0.15) is 26.2 Å². The maximum absolute atomic E-state index is 11.0. The molecule has 1 rings (SSSR count). The summed E-state index contributed by atoms with van der Waals surface area (Å²) < 4.78 is 10.2. The lowest BCUT2D eigenvalue weighted by molar-refractivity contribution is -0.181. The second-order valence-corrected chi connectivity index (χ2v) is 3.41. The zero-order chi connectivity index (χ0) is 9.73. The monoisotopic (exact) mass is 182 g/mol. The molecule has 0 saturated carbocycles. The van der Waals surface area contributed by atoms with Gasteiger partial charge in [-0.05, 0) is 6.92 Å². The fraction of sp³-hybridized carbons (Fsp3) is 0.700. The molecule has 72 valence electrons. The second kappa shape index (κ2) is 4.29. The maximum atomic E-state index is 11.0. The highest BCUT2D eigenvalue weighted by Crippen LogP contribution is 2.25. The Morgan fingerprint density at radius 3 is 2.92 bits per heavy atom. The molecule has 13 heavy (non-hydrogen) atoms. The van der Waals surface area contributed by atoms with E-state index in [2.05, 4.69) is 5.92 Å². The highest BCUT2D eigenvalue weighted by Gasteiger charge is 2.34. The Labute approximate surface area is 78.4 Å². The molecule has 1 unspecified atom stereocenters. The lowest BCUT2D eigenvalue weighted by atomic mass is 9.99. The summed E-state index contributed by atoms with van der Waals surface area (Å²) in [5.74, 6) is 2.15. The maximum Gasteiger partial charge on any atom is 0.306 e. The highest BCUT2D eigenvalue weighted by atomic mass is 16.6. The van der Waals surface area contributed by atoms with Crippen molar-refractivity contribution in [1.82, 2.24) is 0 Å². The van der Waals surface area contributed by atoms with Crippen LogP contribution in [-0.2, 0) is 14.3 Å². The van der Waals surface area contributed by atoms with Crippen molar-refractivity contribution in [3.63, 3.8) is 0 Å². The van der Waals surface area contributed by atoms with Crippen LogP contribution in [0.2, 0.25) is 0 Å². The van der Waals surface area contributed by atoms with Gasteiger partial charge in [0.25, 0.3) is 0 Å². The summed E-state index contributed by atoms with van der Waals surface area (Å²) in [5.41, 5.74) is -0.244. The molecule has 0 aromatic rings. The van der Waals surface area contributed by atoms with Crippen molar-refractivity contribution in [2.45, 2.75) is 31.8 Å². The molecule has 0 aliphatic carbocycles. The quantitative estimate of drug-likeness (QED) is 0.483. The number of esters is 1. The van der Waals surface area contributed by atoms with Gasteiger partial charge < -0.3 is 9.47 Å². The number of terminal acetylenes is 1. The standard InChI is InChI=1S/C10H14O3/c1-3-4-5-9(11)12-8-10(2)6-7-13-10/h1H,4-8H2,2H3. The Hall–Kier alpha value is -1.01. The van der Waals surface area contributed by atoms with Gasteiger partial charge in [0.15, 0.2) is 0 Å². The van der Waals surface area contributed by atoms with Crippen LogP contribution in [-0.4, -0.2) is 24.8 Å². The van der Waals surface area contributed by atoms with Crippen LogP contribution >= 0.6 is 0 Å². The zero-order valence-corrected chi connectivity index (χ0v) is 7.84. The molecule has 0 N–H and O–H groups in total. The molecule has 1 aliphatic heterocycles. The van der Waals surface area contributed by atoms with Gasteiger partial charge in [-0.25, -0.2) is 0 Å². The minimum absolute atomic E-state index is 0.241. The third kappa shape index (κ3) is 3.08. The minimum Gasteiger partial charge on any atom is -0.463 e. The first kappa shape index (κ1) is 10.1. The number of carbonyl (C=O) groups excluding carboxylic acids is 1. The normalized spacial score (nSPS) is 25.8. The summed E-state index contributed by atoms with van der Waals surface area (Å²) >= 11 is 0. The highest BCUT2D eigenvalue weighted by molar-refractivity contribution is 5.69. The van der Waals surface area contributed by atoms with Crippen molar-refractivity contribution in [2.24, 2.45) is 0 Å². The van der Waals surface area contributed by atoms with Crippen molar-refractivity contribution < 1.29 is 14.3 Å². The Kier molecular flexibility index (Phi) is 3.32. The Balaban J connectivity index is 2.11. The summed E-state index contributed by atoms with van der Waals surface area (Å²) in [6.07, 6.45) is 6.71. The van der Waals surface area contributed by atoms with E-state index >= 15 is 0 Å². The minimum atomic E-state index is -0.244. The van der Waals surface area contributed by atoms with Crippen LogP contribution in [0.3, 0.4) is 0 Å². The van der Waals surface area contributed by atoms with E-state index in [-0.39, 0.29) is 11.6 Å². The summed E-state index contributed by atoms with van der Waals surface area (Å²) in [5, 5.41) is 0. The van der Waals surface area contributed by atoms with Crippen molar-refractivity contribution in [1.29, 1.82) is 0 Å². The van der Waals surface area contributed by atoms with Crippen molar-refractivity contribution in [3.05, 3.63) is 0 Å². The van der Waals surface area contributed by atoms with Crippen LogP contribution < -0.4 is 0 Å². The summed E-state index contributed by atoms with van der Waals surface area (Å²) in [6, 6.07) is 0. The van der Waals surface area contributed by atoms with Gasteiger partial charge >= 0.3 is 5.97 Å². The van der Waals surface area contributed by atoms with Crippen molar-refractivity contribution in [2.75, 3.05) is 13.2 Å². The molecule has 0 amide bonds. The Morgan fingerprint density at radius 2 is 2.46 bits per heavy atom. The van der Waals surface area contributed by atoms with E-state index in [0.29, 0.717) is 19.4 Å². The lowest BCUT2D eigenvalue weighted by Gasteiger charge is -2.37. The molecule has 0 radical (unpaired) electrons. The van der Waals surface area contributed by atoms with Gasteiger partial charge in [-0.2, -0.15) is 0 Å². The van der Waals surface area contributed by atoms with Crippen LogP contribution in [0, 0.1) is 12.3 Å². The van der Waals surface area contributed by atoms with Crippen molar-refractivity contribution >= 4 is 5.97 Å². The molecule has 1 fully saturated rings. The first-order chi connectivity index (χ1) is 6.16. The van der Waals surface area contributed by atoms with Gasteiger partial charge in [-0.3, -0.25) is 4.79 Å². The third-order valence-electron chi connectivity index (χ3n) is 2.09. The third-order valence-corrected chi connectivity index (χ3v) is 2.09. The van der Waals surface area contributed by atoms with Gasteiger partial charge in [-0.15, -0.1) is 12.3 Å². The SMILES string of the molecule is C#CCCC(=O)OCC1(C)CCO1. The number of hydrogen-bond acceptors (Lipinski definition) is 3. The average Bonchev–Trinajstić information content (AvgIpc) is 2.08. The summed E-state index contributed by atoms with van der Waals surface area (Å²) in [6.45, 7) is 3.04. The average molecular weight is 182 g/mol. The van der Waals surface area contributed by atoms with Crippen LogP contribution in [0.15, 0.2) is 0 Å². The second-order valence-electron chi connectivity index (χ2n) is 3.41.